The van der Waals surface area contributed by atoms with Crippen LogP contribution in [0.1, 0.15) is 61.1 Å². The van der Waals surface area contributed by atoms with Crippen LogP contribution in [0.2, 0.25) is 0 Å². The Hall–Kier alpha value is -2.79. The van der Waals surface area contributed by atoms with Crippen molar-refractivity contribution in [3.05, 3.63) is 65.0 Å². The fraction of sp³-hybridized carbons (Fsp3) is 0.594. The van der Waals surface area contributed by atoms with Crippen LogP contribution in [0.25, 0.3) is 0 Å². The van der Waals surface area contributed by atoms with E-state index in [9.17, 15) is 31.1 Å². The minimum atomic E-state index is -4.47. The molecular formula is C32H39F6N3O2+2. The van der Waals surface area contributed by atoms with Crippen molar-refractivity contribution in [3.63, 3.8) is 0 Å². The maximum atomic E-state index is 14.8. The van der Waals surface area contributed by atoms with Gasteiger partial charge in [0.1, 0.15) is 29.4 Å². The molecule has 6 rings (SSSR count). The van der Waals surface area contributed by atoms with E-state index in [1.807, 2.05) is 16.3 Å². The SMILES string of the molecule is O=C([C@@H]1C[NH2+]C[C@]12C[NH2+]Cc1c(OCC(F)(F)F)cccc12)N1CC[C@@H](c2ccccc2F)C[C@H]1C1CCC(F)(F)CC1. The quantitative estimate of drug-likeness (QED) is 0.505. The summed E-state index contributed by atoms with van der Waals surface area (Å²) in [6.45, 7) is 1.24. The molecule has 3 heterocycles. The molecule has 1 amide bonds. The molecule has 4 N–H and O–H groups in total. The minimum absolute atomic E-state index is 0.0362. The summed E-state index contributed by atoms with van der Waals surface area (Å²) in [5.41, 5.74) is 1.55. The number of ether oxygens (including phenoxy) is 1. The number of hydrogen-bond donors (Lipinski definition) is 2. The lowest BCUT2D eigenvalue weighted by atomic mass is 9.67. The summed E-state index contributed by atoms with van der Waals surface area (Å²) in [6.07, 6.45) is -3.19. The summed E-state index contributed by atoms with van der Waals surface area (Å²) in [5.74, 6) is -3.49. The van der Waals surface area contributed by atoms with Gasteiger partial charge in [-0.15, -0.1) is 0 Å². The first kappa shape index (κ1) is 30.2. The van der Waals surface area contributed by atoms with E-state index in [4.69, 9.17) is 4.74 Å². The molecule has 3 aliphatic heterocycles. The molecule has 1 aliphatic carbocycles. The third-order valence-electron chi connectivity index (χ3n) is 10.4. The van der Waals surface area contributed by atoms with Crippen LogP contribution in [0.5, 0.6) is 5.75 Å². The Kier molecular flexibility index (Phi) is 8.17. The van der Waals surface area contributed by atoms with Crippen molar-refractivity contribution in [2.45, 2.75) is 74.5 Å². The van der Waals surface area contributed by atoms with Gasteiger partial charge in [-0.1, -0.05) is 30.3 Å². The van der Waals surface area contributed by atoms with Crippen molar-refractivity contribution >= 4 is 5.91 Å². The van der Waals surface area contributed by atoms with Crippen LogP contribution in [-0.2, 0) is 16.8 Å². The van der Waals surface area contributed by atoms with Crippen molar-refractivity contribution in [1.82, 2.24) is 4.90 Å². The van der Waals surface area contributed by atoms with Crippen molar-refractivity contribution in [2.24, 2.45) is 11.8 Å². The van der Waals surface area contributed by atoms with E-state index >= 15 is 0 Å². The number of rotatable bonds is 5. The van der Waals surface area contributed by atoms with Crippen LogP contribution in [0.4, 0.5) is 26.3 Å². The Labute approximate surface area is 247 Å². The first-order valence-corrected chi connectivity index (χ1v) is 15.4. The third-order valence-corrected chi connectivity index (χ3v) is 10.4. The second kappa shape index (κ2) is 11.6. The number of benzene rings is 2. The Balaban J connectivity index is 1.30. The molecule has 3 fully saturated rings. The number of piperidine rings is 1. The first-order valence-electron chi connectivity index (χ1n) is 15.4. The Bertz CT molecular complexity index is 1330. The van der Waals surface area contributed by atoms with Crippen LogP contribution < -0.4 is 15.4 Å². The average Bonchev–Trinajstić information content (AvgIpc) is 3.39. The summed E-state index contributed by atoms with van der Waals surface area (Å²) in [4.78, 5) is 16.5. The van der Waals surface area contributed by atoms with E-state index in [1.54, 1.807) is 30.3 Å². The maximum absolute atomic E-state index is 14.8. The Morgan fingerprint density at radius 3 is 2.49 bits per heavy atom. The smallest absolute Gasteiger partial charge is 0.422 e. The molecule has 0 radical (unpaired) electrons. The Morgan fingerprint density at radius 2 is 1.74 bits per heavy atom. The Morgan fingerprint density at radius 1 is 1.00 bits per heavy atom. The van der Waals surface area contributed by atoms with E-state index in [2.05, 4.69) is 5.32 Å². The normalized spacial score (nSPS) is 29.4. The molecule has 2 aromatic carbocycles. The highest BCUT2D eigenvalue weighted by atomic mass is 19.4. The fourth-order valence-electron chi connectivity index (χ4n) is 8.31. The lowest BCUT2D eigenvalue weighted by Gasteiger charge is -2.47. The molecule has 4 atom stereocenters. The number of likely N-dealkylation sites (tertiary alicyclic amines) is 1. The van der Waals surface area contributed by atoms with Gasteiger partial charge in [0.2, 0.25) is 11.8 Å². The van der Waals surface area contributed by atoms with Crippen molar-refractivity contribution in [3.8, 4) is 5.75 Å². The molecule has 1 saturated carbocycles. The molecule has 0 unspecified atom stereocenters. The second-order valence-electron chi connectivity index (χ2n) is 12.9. The van der Waals surface area contributed by atoms with Gasteiger partial charge in [-0.25, -0.2) is 13.2 Å². The molecule has 0 aromatic heterocycles. The zero-order valence-electron chi connectivity index (χ0n) is 24.0. The van der Waals surface area contributed by atoms with Gasteiger partial charge in [-0.05, 0) is 60.8 Å². The van der Waals surface area contributed by atoms with Crippen LogP contribution in [0, 0.1) is 17.7 Å². The standard InChI is InChI=1S/C32H37F6N3O2/c33-26-6-2-1-4-22(26)21-10-13-41(27(14-21)20-8-11-31(34,35)12-9-20)29(42)25-16-40-18-30(25)17-39-15-23-24(30)5-3-7-28(23)43-19-32(36,37)38/h1-7,20-21,25,27,39-40H,8-19H2/p+2/t21-,25+,27+,30+/m1/s1. The number of fused-ring (bicyclic) bond motifs is 2. The summed E-state index contributed by atoms with van der Waals surface area (Å²) in [6, 6.07) is 11.5. The van der Waals surface area contributed by atoms with E-state index in [1.165, 1.54) is 6.07 Å². The number of carbonyl (C=O) groups excluding carboxylic acids is 1. The van der Waals surface area contributed by atoms with Gasteiger partial charge in [0.25, 0.3) is 0 Å². The average molecular weight is 612 g/mol. The predicted octanol–water partition coefficient (Wildman–Crippen LogP) is 3.88. The summed E-state index contributed by atoms with van der Waals surface area (Å²) < 4.78 is 87.3. The molecular weight excluding hydrogens is 572 g/mol. The van der Waals surface area contributed by atoms with Gasteiger partial charge in [0.15, 0.2) is 6.61 Å². The highest BCUT2D eigenvalue weighted by molar-refractivity contribution is 5.82. The molecule has 1 spiro atoms. The zero-order chi connectivity index (χ0) is 30.4. The molecule has 0 bridgehead atoms. The highest BCUT2D eigenvalue weighted by Crippen LogP contribution is 2.46. The number of nitrogens with two attached hydrogens (primary N) is 2. The summed E-state index contributed by atoms with van der Waals surface area (Å²) >= 11 is 0. The summed E-state index contributed by atoms with van der Waals surface area (Å²) in [7, 11) is 0. The zero-order valence-corrected chi connectivity index (χ0v) is 24.0. The van der Waals surface area contributed by atoms with Crippen LogP contribution in [-0.4, -0.2) is 61.7 Å². The van der Waals surface area contributed by atoms with Gasteiger partial charge < -0.3 is 20.3 Å². The van der Waals surface area contributed by atoms with Crippen molar-refractivity contribution in [1.29, 1.82) is 0 Å². The van der Waals surface area contributed by atoms with E-state index in [0.29, 0.717) is 69.5 Å². The molecule has 43 heavy (non-hydrogen) atoms. The number of amides is 1. The topological polar surface area (TPSA) is 62.8 Å². The number of hydrogen-bond acceptors (Lipinski definition) is 2. The molecule has 234 valence electrons. The van der Waals surface area contributed by atoms with Crippen molar-refractivity contribution in [2.75, 3.05) is 32.8 Å². The maximum Gasteiger partial charge on any atom is 0.422 e. The van der Waals surface area contributed by atoms with Crippen molar-refractivity contribution < 1.29 is 46.5 Å². The van der Waals surface area contributed by atoms with Gasteiger partial charge in [0.05, 0.1) is 25.2 Å². The molecule has 2 aromatic rings. The third kappa shape index (κ3) is 5.99. The number of alkyl halides is 5. The number of nitrogens with zero attached hydrogens (tertiary/aromatic N) is 1. The fourth-order valence-corrected chi connectivity index (χ4v) is 8.31. The number of quaternary nitrogens is 2. The van der Waals surface area contributed by atoms with Gasteiger partial charge >= 0.3 is 6.18 Å². The second-order valence-corrected chi connectivity index (χ2v) is 12.9. The summed E-state index contributed by atoms with van der Waals surface area (Å²) in [5, 5.41) is 4.13. The van der Waals surface area contributed by atoms with Crippen LogP contribution in [0.3, 0.4) is 0 Å². The molecule has 2 saturated heterocycles. The van der Waals surface area contributed by atoms with Gasteiger partial charge in [-0.3, -0.25) is 4.79 Å². The lowest BCUT2D eigenvalue weighted by Crippen LogP contribution is -2.91. The van der Waals surface area contributed by atoms with E-state index in [0.717, 1.165) is 5.56 Å². The predicted molar refractivity (Wildman–Crippen MR) is 146 cm³/mol. The monoisotopic (exact) mass is 611 g/mol. The van der Waals surface area contributed by atoms with E-state index < -0.39 is 30.0 Å². The molecule has 5 nitrogen and oxygen atoms in total. The van der Waals surface area contributed by atoms with Crippen LogP contribution in [0.15, 0.2) is 42.5 Å². The van der Waals surface area contributed by atoms with Gasteiger partial charge in [0, 0.05) is 25.4 Å². The minimum Gasteiger partial charge on any atom is -0.484 e. The lowest BCUT2D eigenvalue weighted by molar-refractivity contribution is -0.691. The molecule has 4 aliphatic rings. The van der Waals surface area contributed by atoms with Gasteiger partial charge in [-0.2, -0.15) is 13.2 Å². The first-order chi connectivity index (χ1) is 20.5. The number of carbonyl (C=O) groups is 1. The highest BCUT2D eigenvalue weighted by Gasteiger charge is 2.57. The van der Waals surface area contributed by atoms with Crippen LogP contribution >= 0.6 is 0 Å². The number of halogens is 6. The largest absolute Gasteiger partial charge is 0.484 e. The molecule has 11 heteroatoms. The van der Waals surface area contributed by atoms with E-state index in [-0.39, 0.29) is 48.2 Å².